The van der Waals surface area contributed by atoms with Gasteiger partial charge >= 0.3 is 0 Å². The molecular weight excluding hydrogens is 384 g/mol. The van der Waals surface area contributed by atoms with Crippen LogP contribution >= 0.6 is 22.7 Å². The number of unbranched alkanes of at least 4 members (excludes halogenated alkanes) is 1. The summed E-state index contributed by atoms with van der Waals surface area (Å²) in [7, 11) is 0. The van der Waals surface area contributed by atoms with E-state index in [1.165, 1.54) is 20.2 Å². The molecule has 0 unspecified atom stereocenters. The zero-order valence-electron chi connectivity index (χ0n) is 16.1. The monoisotopic (exact) mass is 406 g/mol. The summed E-state index contributed by atoms with van der Waals surface area (Å²) in [6.07, 6.45) is 2.52. The number of fused-ring (bicyclic) bond motifs is 2. The van der Waals surface area contributed by atoms with Gasteiger partial charge in [-0.25, -0.2) is 0 Å². The standard InChI is InChI=1S/C24H22O2S2/c1-15-17-9-3-7-13-21(17)27-23(15)19(25)11-5-6-12-20(26)24-16(2)18-10-4-8-14-22(18)28-24/h3-4,7-10,13-14H,5-6,11-12H2,1-2H3. The molecule has 0 spiro atoms. The lowest BCUT2D eigenvalue weighted by Crippen LogP contribution is -2.01. The summed E-state index contributed by atoms with van der Waals surface area (Å²) in [5.74, 6) is 0.397. The Bertz CT molecular complexity index is 1090. The van der Waals surface area contributed by atoms with Gasteiger partial charge in [0.05, 0.1) is 9.75 Å². The molecule has 2 nitrogen and oxygen atoms in total. The number of thiophene rings is 2. The minimum absolute atomic E-state index is 0.198. The topological polar surface area (TPSA) is 34.1 Å². The number of aryl methyl sites for hydroxylation is 2. The zero-order chi connectivity index (χ0) is 19.7. The highest BCUT2D eigenvalue weighted by Crippen LogP contribution is 2.33. The third-order valence-electron chi connectivity index (χ3n) is 5.25. The molecule has 0 radical (unpaired) electrons. The van der Waals surface area contributed by atoms with E-state index in [4.69, 9.17) is 0 Å². The highest BCUT2D eigenvalue weighted by atomic mass is 32.1. The first-order chi connectivity index (χ1) is 13.6. The summed E-state index contributed by atoms with van der Waals surface area (Å²) in [5.41, 5.74) is 2.17. The number of carbonyl (C=O) groups is 2. The smallest absolute Gasteiger partial charge is 0.173 e. The summed E-state index contributed by atoms with van der Waals surface area (Å²) in [6.45, 7) is 4.06. The summed E-state index contributed by atoms with van der Waals surface area (Å²) < 4.78 is 2.33. The highest BCUT2D eigenvalue weighted by Gasteiger charge is 2.17. The third-order valence-corrected chi connectivity index (χ3v) is 7.88. The average molecular weight is 407 g/mol. The Morgan fingerprint density at radius 2 is 1.07 bits per heavy atom. The van der Waals surface area contributed by atoms with E-state index in [1.54, 1.807) is 22.7 Å². The van der Waals surface area contributed by atoms with Crippen LogP contribution in [0, 0.1) is 13.8 Å². The van der Waals surface area contributed by atoms with Gasteiger partial charge in [-0.3, -0.25) is 9.59 Å². The second kappa shape index (κ2) is 7.98. The molecule has 0 amide bonds. The molecule has 4 heteroatoms. The maximum Gasteiger partial charge on any atom is 0.173 e. The van der Waals surface area contributed by atoms with Crippen molar-refractivity contribution >= 4 is 54.4 Å². The maximum absolute atomic E-state index is 12.6. The Morgan fingerprint density at radius 1 is 0.679 bits per heavy atom. The van der Waals surface area contributed by atoms with Crippen LogP contribution in [0.5, 0.6) is 0 Å². The van der Waals surface area contributed by atoms with Crippen molar-refractivity contribution in [2.45, 2.75) is 39.5 Å². The van der Waals surface area contributed by atoms with Crippen LogP contribution in [0.15, 0.2) is 48.5 Å². The predicted octanol–water partition coefficient (Wildman–Crippen LogP) is 7.36. The number of Topliss-reactive ketones (excluding diaryl/α,β-unsaturated/α-hetero) is 2. The van der Waals surface area contributed by atoms with Crippen molar-refractivity contribution in [3.63, 3.8) is 0 Å². The Morgan fingerprint density at radius 3 is 1.46 bits per heavy atom. The van der Waals surface area contributed by atoms with E-state index >= 15 is 0 Å². The largest absolute Gasteiger partial charge is 0.293 e. The van der Waals surface area contributed by atoms with E-state index in [0.717, 1.165) is 33.7 Å². The van der Waals surface area contributed by atoms with Crippen molar-refractivity contribution in [1.29, 1.82) is 0 Å². The molecule has 0 aliphatic rings. The van der Waals surface area contributed by atoms with Crippen LogP contribution in [0.3, 0.4) is 0 Å². The van der Waals surface area contributed by atoms with Gasteiger partial charge in [0.2, 0.25) is 0 Å². The van der Waals surface area contributed by atoms with E-state index in [2.05, 4.69) is 24.3 Å². The van der Waals surface area contributed by atoms with Gasteiger partial charge in [0.15, 0.2) is 11.6 Å². The lowest BCUT2D eigenvalue weighted by atomic mass is 10.0. The summed E-state index contributed by atoms with van der Waals surface area (Å²) in [5, 5.41) is 2.34. The van der Waals surface area contributed by atoms with E-state index in [-0.39, 0.29) is 11.6 Å². The Hall–Kier alpha value is -2.30. The van der Waals surface area contributed by atoms with Crippen LogP contribution in [-0.4, -0.2) is 11.6 Å². The molecule has 2 aromatic heterocycles. The van der Waals surface area contributed by atoms with Crippen LogP contribution in [0.1, 0.15) is 56.2 Å². The molecule has 0 fully saturated rings. The fourth-order valence-corrected chi connectivity index (χ4v) is 6.03. The minimum atomic E-state index is 0.198. The van der Waals surface area contributed by atoms with E-state index in [9.17, 15) is 9.59 Å². The van der Waals surface area contributed by atoms with Gasteiger partial charge in [-0.15, -0.1) is 22.7 Å². The fourth-order valence-electron chi connectivity index (χ4n) is 3.68. The van der Waals surface area contributed by atoms with Crippen LogP contribution in [0.25, 0.3) is 20.2 Å². The Labute approximate surface area is 172 Å². The quantitative estimate of drug-likeness (QED) is 0.237. The van der Waals surface area contributed by atoms with Crippen molar-refractivity contribution in [2.75, 3.05) is 0 Å². The molecule has 0 aliphatic carbocycles. The second-order valence-electron chi connectivity index (χ2n) is 7.16. The molecule has 0 aliphatic heterocycles. The van der Waals surface area contributed by atoms with Gasteiger partial charge in [-0.1, -0.05) is 36.4 Å². The van der Waals surface area contributed by atoms with E-state index in [0.29, 0.717) is 12.8 Å². The highest BCUT2D eigenvalue weighted by molar-refractivity contribution is 7.21. The van der Waals surface area contributed by atoms with Gasteiger partial charge in [0.1, 0.15) is 0 Å². The average Bonchev–Trinajstić information content (AvgIpc) is 3.23. The SMILES string of the molecule is Cc1c(C(=O)CCCCC(=O)c2sc3ccccc3c2C)sc2ccccc12. The third kappa shape index (κ3) is 3.54. The summed E-state index contributed by atoms with van der Waals surface area (Å²) in [6, 6.07) is 16.3. The Balaban J connectivity index is 1.36. The first-order valence-corrected chi connectivity index (χ1v) is 11.2. The number of hydrogen-bond donors (Lipinski definition) is 0. The number of carbonyl (C=O) groups excluding carboxylic acids is 2. The lowest BCUT2D eigenvalue weighted by Gasteiger charge is -2.02. The van der Waals surface area contributed by atoms with Gasteiger partial charge < -0.3 is 0 Å². The molecule has 0 saturated heterocycles. The van der Waals surface area contributed by atoms with Crippen molar-refractivity contribution < 1.29 is 9.59 Å². The van der Waals surface area contributed by atoms with Crippen molar-refractivity contribution in [2.24, 2.45) is 0 Å². The predicted molar refractivity (Wildman–Crippen MR) is 120 cm³/mol. The molecule has 0 N–H and O–H groups in total. The fraction of sp³-hybridized carbons (Fsp3) is 0.250. The molecule has 28 heavy (non-hydrogen) atoms. The first-order valence-electron chi connectivity index (χ1n) is 9.59. The molecule has 0 atom stereocenters. The van der Waals surface area contributed by atoms with E-state index < -0.39 is 0 Å². The normalized spacial score (nSPS) is 11.4. The summed E-state index contributed by atoms with van der Waals surface area (Å²) >= 11 is 3.17. The summed E-state index contributed by atoms with van der Waals surface area (Å²) in [4.78, 5) is 27.0. The molecule has 0 bridgehead atoms. The zero-order valence-corrected chi connectivity index (χ0v) is 17.7. The number of hydrogen-bond acceptors (Lipinski definition) is 4. The van der Waals surface area contributed by atoms with Crippen LogP contribution in [-0.2, 0) is 0 Å². The minimum Gasteiger partial charge on any atom is -0.293 e. The maximum atomic E-state index is 12.6. The molecule has 4 rings (SSSR count). The van der Waals surface area contributed by atoms with Crippen LogP contribution in [0.2, 0.25) is 0 Å². The number of ketones is 2. The molecule has 2 aromatic carbocycles. The molecule has 0 saturated carbocycles. The van der Waals surface area contributed by atoms with Crippen molar-refractivity contribution in [1.82, 2.24) is 0 Å². The molecule has 4 aromatic rings. The molecule has 2 heterocycles. The lowest BCUT2D eigenvalue weighted by molar-refractivity contribution is 0.0958. The van der Waals surface area contributed by atoms with Crippen molar-refractivity contribution in [3.8, 4) is 0 Å². The number of rotatable bonds is 7. The number of benzene rings is 2. The van der Waals surface area contributed by atoms with Gasteiger partial charge in [0, 0.05) is 22.2 Å². The Kier molecular flexibility index (Phi) is 5.42. The molecule has 142 valence electrons. The van der Waals surface area contributed by atoms with Crippen LogP contribution < -0.4 is 0 Å². The van der Waals surface area contributed by atoms with Gasteiger partial charge in [-0.2, -0.15) is 0 Å². The molecular formula is C24H22O2S2. The van der Waals surface area contributed by atoms with Gasteiger partial charge in [0.25, 0.3) is 0 Å². The van der Waals surface area contributed by atoms with Gasteiger partial charge in [-0.05, 0) is 60.7 Å². The first kappa shape index (κ1) is 19.0. The van der Waals surface area contributed by atoms with Crippen molar-refractivity contribution in [3.05, 3.63) is 69.4 Å². The van der Waals surface area contributed by atoms with Crippen LogP contribution in [0.4, 0.5) is 0 Å². The van der Waals surface area contributed by atoms with E-state index in [1.807, 2.05) is 38.1 Å². The second-order valence-corrected chi connectivity index (χ2v) is 9.26.